The number of amides is 2. The second kappa shape index (κ2) is 4.59. The number of hydrogen-bond acceptors (Lipinski definition) is 3. The van der Waals surface area contributed by atoms with Crippen molar-refractivity contribution in [2.45, 2.75) is 38.1 Å². The van der Waals surface area contributed by atoms with Crippen LogP contribution in [0.5, 0.6) is 0 Å². The molecule has 2 heterocycles. The molecule has 2 atom stereocenters. The van der Waals surface area contributed by atoms with Gasteiger partial charge in [0.15, 0.2) is 0 Å². The summed E-state index contributed by atoms with van der Waals surface area (Å²) in [6.07, 6.45) is 2.28. The zero-order valence-corrected chi connectivity index (χ0v) is 10.4. The third-order valence-corrected chi connectivity index (χ3v) is 3.94. The second-order valence-electron chi connectivity index (χ2n) is 5.23. The SMILES string of the molecule is CC1(C(=O)O)CCCCN1C(=O)C1CNC(=O)C1. The van der Waals surface area contributed by atoms with Gasteiger partial charge in [0.1, 0.15) is 5.54 Å². The van der Waals surface area contributed by atoms with Crippen molar-refractivity contribution in [3.05, 3.63) is 0 Å². The Morgan fingerprint density at radius 2 is 2.17 bits per heavy atom. The third kappa shape index (κ3) is 2.07. The van der Waals surface area contributed by atoms with Gasteiger partial charge in [-0.25, -0.2) is 4.79 Å². The minimum atomic E-state index is -1.12. The Balaban J connectivity index is 2.16. The molecule has 0 saturated carbocycles. The minimum Gasteiger partial charge on any atom is -0.480 e. The highest BCUT2D eigenvalue weighted by molar-refractivity contribution is 5.92. The number of carboxylic acid groups (broad SMARTS) is 1. The summed E-state index contributed by atoms with van der Waals surface area (Å²) in [7, 11) is 0. The van der Waals surface area contributed by atoms with Crippen LogP contribution in [0.15, 0.2) is 0 Å². The molecule has 18 heavy (non-hydrogen) atoms. The van der Waals surface area contributed by atoms with Crippen LogP contribution in [0.25, 0.3) is 0 Å². The van der Waals surface area contributed by atoms with Crippen molar-refractivity contribution in [1.29, 1.82) is 0 Å². The lowest BCUT2D eigenvalue weighted by atomic mass is 9.87. The lowest BCUT2D eigenvalue weighted by Crippen LogP contribution is -2.59. The molecule has 6 heteroatoms. The van der Waals surface area contributed by atoms with Gasteiger partial charge in [-0.3, -0.25) is 9.59 Å². The molecule has 2 N–H and O–H groups in total. The van der Waals surface area contributed by atoms with Gasteiger partial charge >= 0.3 is 5.97 Å². The normalized spacial score (nSPS) is 32.2. The summed E-state index contributed by atoms with van der Waals surface area (Å²) >= 11 is 0. The Hall–Kier alpha value is -1.59. The number of nitrogens with zero attached hydrogens (tertiary/aromatic N) is 1. The summed E-state index contributed by atoms with van der Waals surface area (Å²) in [6.45, 7) is 2.38. The van der Waals surface area contributed by atoms with Crippen LogP contribution in [0.3, 0.4) is 0 Å². The van der Waals surface area contributed by atoms with E-state index in [1.165, 1.54) is 4.90 Å². The van der Waals surface area contributed by atoms with E-state index in [2.05, 4.69) is 5.32 Å². The van der Waals surface area contributed by atoms with Crippen LogP contribution in [0, 0.1) is 5.92 Å². The number of carbonyl (C=O) groups excluding carboxylic acids is 2. The topological polar surface area (TPSA) is 86.7 Å². The summed E-state index contributed by atoms with van der Waals surface area (Å²) in [5.41, 5.74) is -1.12. The van der Waals surface area contributed by atoms with Gasteiger partial charge in [-0.05, 0) is 26.2 Å². The zero-order chi connectivity index (χ0) is 13.3. The molecule has 2 saturated heterocycles. The van der Waals surface area contributed by atoms with Crippen molar-refractivity contribution in [2.24, 2.45) is 5.92 Å². The molecule has 2 unspecified atom stereocenters. The highest BCUT2D eigenvalue weighted by Crippen LogP contribution is 2.30. The summed E-state index contributed by atoms with van der Waals surface area (Å²) in [5.74, 6) is -1.72. The molecule has 0 radical (unpaired) electrons. The van der Waals surface area contributed by atoms with Gasteiger partial charge < -0.3 is 15.3 Å². The molecule has 2 fully saturated rings. The van der Waals surface area contributed by atoms with Crippen molar-refractivity contribution < 1.29 is 19.5 Å². The molecule has 0 bridgehead atoms. The first-order chi connectivity index (χ1) is 8.45. The van der Waals surface area contributed by atoms with Gasteiger partial charge in [0, 0.05) is 19.5 Å². The number of nitrogens with one attached hydrogen (secondary N) is 1. The Labute approximate surface area is 105 Å². The molecule has 0 aromatic rings. The molecular formula is C12H18N2O4. The van der Waals surface area contributed by atoms with Crippen molar-refractivity contribution in [3.8, 4) is 0 Å². The molecule has 0 spiro atoms. The van der Waals surface area contributed by atoms with Gasteiger partial charge in [0.2, 0.25) is 11.8 Å². The van der Waals surface area contributed by atoms with Crippen molar-refractivity contribution >= 4 is 17.8 Å². The maximum atomic E-state index is 12.3. The number of carboxylic acids is 1. The van der Waals surface area contributed by atoms with E-state index in [-0.39, 0.29) is 18.2 Å². The number of piperidine rings is 1. The summed E-state index contributed by atoms with van der Waals surface area (Å²) in [6, 6.07) is 0. The minimum absolute atomic E-state index is 0.137. The van der Waals surface area contributed by atoms with E-state index in [0.29, 0.717) is 19.5 Å². The van der Waals surface area contributed by atoms with Gasteiger partial charge in [-0.15, -0.1) is 0 Å². The van der Waals surface area contributed by atoms with Crippen molar-refractivity contribution in [1.82, 2.24) is 10.2 Å². The Bertz CT molecular complexity index is 396. The highest BCUT2D eigenvalue weighted by Gasteiger charge is 2.46. The third-order valence-electron chi connectivity index (χ3n) is 3.94. The molecule has 2 aliphatic heterocycles. The predicted molar refractivity (Wildman–Crippen MR) is 62.7 cm³/mol. The van der Waals surface area contributed by atoms with Crippen LogP contribution in [0.4, 0.5) is 0 Å². The summed E-state index contributed by atoms with van der Waals surface area (Å²) < 4.78 is 0. The standard InChI is InChI=1S/C12H18N2O4/c1-12(11(17)18)4-2-3-5-14(12)10(16)8-6-9(15)13-7-8/h8H,2-7H2,1H3,(H,13,15)(H,17,18). The van der Waals surface area contributed by atoms with Crippen LogP contribution in [-0.4, -0.2) is 46.4 Å². The fourth-order valence-corrected chi connectivity index (χ4v) is 2.70. The summed E-state index contributed by atoms with van der Waals surface area (Å²) in [5, 5.41) is 11.9. The van der Waals surface area contributed by atoms with Crippen molar-refractivity contribution in [2.75, 3.05) is 13.1 Å². The molecule has 2 amide bonds. The van der Waals surface area contributed by atoms with Crippen LogP contribution in [0.1, 0.15) is 32.6 Å². The Morgan fingerprint density at radius 1 is 1.44 bits per heavy atom. The van der Waals surface area contributed by atoms with E-state index in [1.807, 2.05) is 0 Å². The smallest absolute Gasteiger partial charge is 0.329 e. The first kappa shape index (κ1) is 12.9. The van der Waals surface area contributed by atoms with Crippen molar-refractivity contribution in [3.63, 3.8) is 0 Å². The molecule has 2 aliphatic rings. The average Bonchev–Trinajstić information content (AvgIpc) is 2.75. The van der Waals surface area contributed by atoms with Crippen LogP contribution < -0.4 is 5.32 Å². The van der Waals surface area contributed by atoms with E-state index in [9.17, 15) is 19.5 Å². The number of rotatable bonds is 2. The molecule has 100 valence electrons. The number of aliphatic carboxylic acids is 1. The second-order valence-corrected chi connectivity index (χ2v) is 5.23. The van der Waals surface area contributed by atoms with Gasteiger partial charge in [-0.2, -0.15) is 0 Å². The lowest BCUT2D eigenvalue weighted by Gasteiger charge is -2.42. The molecule has 6 nitrogen and oxygen atoms in total. The fourth-order valence-electron chi connectivity index (χ4n) is 2.70. The number of hydrogen-bond donors (Lipinski definition) is 2. The van der Waals surface area contributed by atoms with Gasteiger partial charge in [0.25, 0.3) is 0 Å². The van der Waals surface area contributed by atoms with E-state index in [0.717, 1.165) is 12.8 Å². The molecule has 0 aliphatic carbocycles. The molecule has 2 rings (SSSR count). The largest absolute Gasteiger partial charge is 0.480 e. The summed E-state index contributed by atoms with van der Waals surface area (Å²) in [4.78, 5) is 36.3. The monoisotopic (exact) mass is 254 g/mol. The van der Waals surface area contributed by atoms with E-state index >= 15 is 0 Å². The van der Waals surface area contributed by atoms with Gasteiger partial charge in [-0.1, -0.05) is 0 Å². The van der Waals surface area contributed by atoms with Crippen LogP contribution >= 0.6 is 0 Å². The highest BCUT2D eigenvalue weighted by atomic mass is 16.4. The zero-order valence-electron chi connectivity index (χ0n) is 10.4. The first-order valence-electron chi connectivity index (χ1n) is 6.27. The molecular weight excluding hydrogens is 236 g/mol. The average molecular weight is 254 g/mol. The maximum Gasteiger partial charge on any atom is 0.329 e. The van der Waals surface area contributed by atoms with Gasteiger partial charge in [0.05, 0.1) is 5.92 Å². The first-order valence-corrected chi connectivity index (χ1v) is 6.27. The predicted octanol–water partition coefficient (Wildman–Crippen LogP) is -0.0217. The van der Waals surface area contributed by atoms with E-state index in [1.54, 1.807) is 6.92 Å². The van der Waals surface area contributed by atoms with E-state index in [4.69, 9.17) is 0 Å². The number of likely N-dealkylation sites (tertiary alicyclic amines) is 1. The van der Waals surface area contributed by atoms with E-state index < -0.39 is 17.4 Å². The Morgan fingerprint density at radius 3 is 2.72 bits per heavy atom. The quantitative estimate of drug-likeness (QED) is 0.725. The fraction of sp³-hybridized carbons (Fsp3) is 0.750. The van der Waals surface area contributed by atoms with Crippen LogP contribution in [-0.2, 0) is 14.4 Å². The molecule has 0 aromatic heterocycles. The van der Waals surface area contributed by atoms with Crippen LogP contribution in [0.2, 0.25) is 0 Å². The Kier molecular flexibility index (Phi) is 3.28. The maximum absolute atomic E-state index is 12.3. The molecule has 0 aromatic carbocycles. The number of carbonyl (C=O) groups is 3. The lowest BCUT2D eigenvalue weighted by molar-refractivity contribution is -0.162.